The van der Waals surface area contributed by atoms with Gasteiger partial charge in [-0.3, -0.25) is 14.8 Å². The zero-order valence-electron chi connectivity index (χ0n) is 15.0. The molecule has 2 aromatic heterocycles. The molecular weight excluding hydrogens is 316 g/mol. The maximum absolute atomic E-state index is 12.0. The molecule has 1 atom stereocenters. The number of aromatic amines is 1. The van der Waals surface area contributed by atoms with Crippen molar-refractivity contribution in [1.29, 1.82) is 0 Å². The fourth-order valence-corrected chi connectivity index (χ4v) is 3.83. The van der Waals surface area contributed by atoms with Gasteiger partial charge in [-0.1, -0.05) is 6.42 Å². The standard InChI is InChI=1S/C18H26N6O/c1-19-18(25)15-9-8-13(23(15)2)14-5-3-4-10-24(14)11-16-20-17(22-21-16)12-6-7-12/h8-9,12,14H,3-7,10-11H2,1-2H3,(H,19,25)(H,20,21,22)/t14-/m0/s1. The number of carbonyl (C=O) groups excluding carboxylic acids is 1. The third kappa shape index (κ3) is 3.20. The molecule has 0 spiro atoms. The molecule has 0 radical (unpaired) electrons. The van der Waals surface area contributed by atoms with Gasteiger partial charge in [0.15, 0.2) is 5.82 Å². The average molecular weight is 342 g/mol. The fraction of sp³-hybridized carbons (Fsp3) is 0.611. The van der Waals surface area contributed by atoms with Gasteiger partial charge in [0.05, 0.1) is 12.6 Å². The van der Waals surface area contributed by atoms with Crippen LogP contribution in [0.2, 0.25) is 0 Å². The third-order valence-electron chi connectivity index (χ3n) is 5.42. The predicted octanol–water partition coefficient (Wildman–Crippen LogP) is 2.11. The van der Waals surface area contributed by atoms with Gasteiger partial charge in [-0.2, -0.15) is 5.10 Å². The first kappa shape index (κ1) is 16.3. The summed E-state index contributed by atoms with van der Waals surface area (Å²) in [5.74, 6) is 2.46. The minimum atomic E-state index is -0.0413. The van der Waals surface area contributed by atoms with Gasteiger partial charge < -0.3 is 9.88 Å². The van der Waals surface area contributed by atoms with Gasteiger partial charge in [0, 0.05) is 25.7 Å². The lowest BCUT2D eigenvalue weighted by Gasteiger charge is -2.35. The van der Waals surface area contributed by atoms with Crippen LogP contribution in [0.25, 0.3) is 0 Å². The predicted molar refractivity (Wildman–Crippen MR) is 94.2 cm³/mol. The molecule has 0 aromatic carbocycles. The number of carbonyl (C=O) groups is 1. The zero-order valence-corrected chi connectivity index (χ0v) is 15.0. The lowest BCUT2D eigenvalue weighted by Crippen LogP contribution is -2.34. The van der Waals surface area contributed by atoms with Gasteiger partial charge in [-0.05, 0) is 44.4 Å². The van der Waals surface area contributed by atoms with Gasteiger partial charge in [-0.25, -0.2) is 4.98 Å². The number of rotatable bonds is 5. The van der Waals surface area contributed by atoms with Crippen LogP contribution in [-0.2, 0) is 13.6 Å². The summed E-state index contributed by atoms with van der Waals surface area (Å²) in [6.45, 7) is 1.83. The lowest BCUT2D eigenvalue weighted by molar-refractivity contribution is 0.0952. The van der Waals surface area contributed by atoms with Crippen LogP contribution >= 0.6 is 0 Å². The smallest absolute Gasteiger partial charge is 0.267 e. The Hall–Kier alpha value is -2.15. The van der Waals surface area contributed by atoms with Crippen molar-refractivity contribution in [2.75, 3.05) is 13.6 Å². The summed E-state index contributed by atoms with van der Waals surface area (Å²) < 4.78 is 2.03. The van der Waals surface area contributed by atoms with E-state index in [0.717, 1.165) is 31.2 Å². The van der Waals surface area contributed by atoms with Crippen LogP contribution in [0.5, 0.6) is 0 Å². The van der Waals surface area contributed by atoms with Crippen LogP contribution in [0.3, 0.4) is 0 Å². The summed E-state index contributed by atoms with van der Waals surface area (Å²) >= 11 is 0. The molecule has 0 unspecified atom stereocenters. The van der Waals surface area contributed by atoms with E-state index < -0.39 is 0 Å². The van der Waals surface area contributed by atoms with Crippen molar-refractivity contribution in [3.63, 3.8) is 0 Å². The molecule has 0 bridgehead atoms. The molecule has 1 aliphatic carbocycles. The van der Waals surface area contributed by atoms with E-state index in [-0.39, 0.29) is 5.91 Å². The first-order chi connectivity index (χ1) is 12.2. The minimum Gasteiger partial charge on any atom is -0.354 e. The van der Waals surface area contributed by atoms with Gasteiger partial charge in [0.25, 0.3) is 5.91 Å². The Bertz CT molecular complexity index is 759. The molecule has 2 aliphatic rings. The van der Waals surface area contributed by atoms with Crippen molar-refractivity contribution in [2.24, 2.45) is 7.05 Å². The molecule has 7 heteroatoms. The van der Waals surface area contributed by atoms with Crippen molar-refractivity contribution in [2.45, 2.75) is 50.6 Å². The Kier molecular flexibility index (Phi) is 4.33. The van der Waals surface area contributed by atoms with Crippen molar-refractivity contribution in [3.8, 4) is 0 Å². The number of aromatic nitrogens is 4. The molecular formula is C18H26N6O. The monoisotopic (exact) mass is 342 g/mol. The van der Waals surface area contributed by atoms with E-state index in [1.54, 1.807) is 7.05 Å². The van der Waals surface area contributed by atoms with Gasteiger partial charge in [-0.15, -0.1) is 0 Å². The highest BCUT2D eigenvalue weighted by Crippen LogP contribution is 2.38. The number of hydrogen-bond donors (Lipinski definition) is 2. The van der Waals surface area contributed by atoms with E-state index in [4.69, 9.17) is 0 Å². The van der Waals surface area contributed by atoms with E-state index in [1.807, 2.05) is 17.7 Å². The van der Waals surface area contributed by atoms with Gasteiger partial charge in [0.1, 0.15) is 11.5 Å². The first-order valence-electron chi connectivity index (χ1n) is 9.20. The van der Waals surface area contributed by atoms with E-state index in [9.17, 15) is 4.79 Å². The minimum absolute atomic E-state index is 0.0413. The molecule has 3 heterocycles. The number of piperidine rings is 1. The molecule has 2 N–H and O–H groups in total. The second kappa shape index (κ2) is 6.63. The van der Waals surface area contributed by atoms with Crippen LogP contribution < -0.4 is 5.32 Å². The first-order valence-corrected chi connectivity index (χ1v) is 9.20. The van der Waals surface area contributed by atoms with Crippen molar-refractivity contribution in [3.05, 3.63) is 35.2 Å². The topological polar surface area (TPSA) is 78.8 Å². The maximum atomic E-state index is 12.0. The lowest BCUT2D eigenvalue weighted by atomic mass is 9.99. The van der Waals surface area contributed by atoms with Crippen LogP contribution in [0.15, 0.2) is 12.1 Å². The fourth-order valence-electron chi connectivity index (χ4n) is 3.83. The second-order valence-electron chi connectivity index (χ2n) is 7.18. The Balaban J connectivity index is 1.54. The zero-order chi connectivity index (χ0) is 17.4. The maximum Gasteiger partial charge on any atom is 0.267 e. The SMILES string of the molecule is CNC(=O)c1ccc([C@@H]2CCCCN2Cc2nc(C3CC3)n[nH]2)n1C. The van der Waals surface area contributed by atoms with Gasteiger partial charge in [0.2, 0.25) is 0 Å². The normalized spacial score (nSPS) is 21.4. The second-order valence-corrected chi connectivity index (χ2v) is 7.18. The Morgan fingerprint density at radius 1 is 1.32 bits per heavy atom. The summed E-state index contributed by atoms with van der Waals surface area (Å²) in [4.78, 5) is 19.2. The summed E-state index contributed by atoms with van der Waals surface area (Å²) in [6.07, 6.45) is 5.96. The van der Waals surface area contributed by atoms with Crippen LogP contribution in [0.1, 0.15) is 71.9 Å². The third-order valence-corrected chi connectivity index (χ3v) is 5.42. The molecule has 2 fully saturated rings. The van der Waals surface area contributed by atoms with Crippen LogP contribution in [0, 0.1) is 0 Å². The molecule has 1 amide bonds. The highest BCUT2D eigenvalue weighted by Gasteiger charge is 2.30. The number of likely N-dealkylation sites (tertiary alicyclic amines) is 1. The summed E-state index contributed by atoms with van der Waals surface area (Å²) in [5, 5.41) is 10.2. The Morgan fingerprint density at radius 2 is 2.16 bits per heavy atom. The molecule has 25 heavy (non-hydrogen) atoms. The quantitative estimate of drug-likeness (QED) is 0.872. The van der Waals surface area contributed by atoms with Crippen molar-refractivity contribution in [1.82, 2.24) is 30.0 Å². The Labute approximate surface area is 147 Å². The molecule has 7 nitrogen and oxygen atoms in total. The Morgan fingerprint density at radius 3 is 2.92 bits per heavy atom. The number of hydrogen-bond acceptors (Lipinski definition) is 4. The summed E-state index contributed by atoms with van der Waals surface area (Å²) in [6, 6.07) is 4.32. The van der Waals surface area contributed by atoms with E-state index in [0.29, 0.717) is 17.7 Å². The number of amides is 1. The van der Waals surface area contributed by atoms with E-state index in [2.05, 4.69) is 31.5 Å². The molecule has 1 saturated carbocycles. The van der Waals surface area contributed by atoms with Crippen LogP contribution in [0.4, 0.5) is 0 Å². The highest BCUT2D eigenvalue weighted by molar-refractivity contribution is 5.92. The number of nitrogens with zero attached hydrogens (tertiary/aromatic N) is 4. The van der Waals surface area contributed by atoms with Crippen molar-refractivity contribution >= 4 is 5.91 Å². The van der Waals surface area contributed by atoms with Crippen molar-refractivity contribution < 1.29 is 4.79 Å². The molecule has 4 rings (SSSR count). The highest BCUT2D eigenvalue weighted by atomic mass is 16.1. The molecule has 2 aromatic rings. The molecule has 1 saturated heterocycles. The van der Waals surface area contributed by atoms with E-state index >= 15 is 0 Å². The summed E-state index contributed by atoms with van der Waals surface area (Å²) in [5.41, 5.74) is 1.90. The number of H-pyrrole nitrogens is 1. The van der Waals surface area contributed by atoms with Gasteiger partial charge >= 0.3 is 0 Å². The molecule has 134 valence electrons. The van der Waals surface area contributed by atoms with Crippen LogP contribution in [-0.4, -0.2) is 44.1 Å². The molecule has 1 aliphatic heterocycles. The largest absolute Gasteiger partial charge is 0.354 e. The average Bonchev–Trinajstić information content (AvgIpc) is 3.26. The number of nitrogens with one attached hydrogen (secondary N) is 2. The summed E-state index contributed by atoms with van der Waals surface area (Å²) in [7, 11) is 3.65. The van der Waals surface area contributed by atoms with E-state index in [1.165, 1.54) is 31.4 Å².